The third kappa shape index (κ3) is 4.58. The molecule has 0 atom stereocenters. The van der Waals surface area contributed by atoms with E-state index >= 15 is 0 Å². The Labute approximate surface area is 104 Å². The molecule has 0 aliphatic heterocycles. The molecule has 0 aromatic heterocycles. The summed E-state index contributed by atoms with van der Waals surface area (Å²) in [5.41, 5.74) is 0.906. The van der Waals surface area contributed by atoms with Crippen molar-refractivity contribution in [3.63, 3.8) is 0 Å². The van der Waals surface area contributed by atoms with Crippen LogP contribution in [0.1, 0.15) is 18.1 Å². The Kier molecular flexibility index (Phi) is 4.76. The quantitative estimate of drug-likeness (QED) is 0.679. The molecule has 18 heavy (non-hydrogen) atoms. The lowest BCUT2D eigenvalue weighted by atomic mass is 10.1. The molecule has 0 bridgehead atoms. The molecule has 1 amide bonds. The maximum absolute atomic E-state index is 10.6. The maximum Gasteiger partial charge on any atom is 0.307 e. The number of rotatable bonds is 3. The van der Waals surface area contributed by atoms with E-state index in [2.05, 4.69) is 17.2 Å². The van der Waals surface area contributed by atoms with Gasteiger partial charge in [0.05, 0.1) is 18.5 Å². The standard InChI is InChI=1S/C13H13NO4/c1-9(15)14-6-2-3-11-7-10(8-13(17)18)4-5-12(11)16/h4-5,7,16H,6,8H2,1H3,(H,14,15)(H,17,18). The fraction of sp³-hybridized carbons (Fsp3) is 0.231. The molecule has 0 aliphatic rings. The predicted octanol–water partition coefficient (Wildman–Crippen LogP) is 0.507. The second-order valence-electron chi connectivity index (χ2n) is 3.63. The monoisotopic (exact) mass is 247 g/mol. The van der Waals surface area contributed by atoms with Crippen LogP contribution in [0.25, 0.3) is 0 Å². The summed E-state index contributed by atoms with van der Waals surface area (Å²) < 4.78 is 0. The van der Waals surface area contributed by atoms with Gasteiger partial charge in [0, 0.05) is 6.92 Å². The van der Waals surface area contributed by atoms with E-state index in [0.29, 0.717) is 11.1 Å². The molecule has 0 spiro atoms. The van der Waals surface area contributed by atoms with Gasteiger partial charge in [-0.1, -0.05) is 17.9 Å². The lowest BCUT2D eigenvalue weighted by Gasteiger charge is -2.01. The van der Waals surface area contributed by atoms with Crippen molar-refractivity contribution in [1.29, 1.82) is 0 Å². The Morgan fingerprint density at radius 3 is 2.72 bits per heavy atom. The van der Waals surface area contributed by atoms with E-state index in [4.69, 9.17) is 5.11 Å². The third-order valence-electron chi connectivity index (χ3n) is 2.07. The second-order valence-corrected chi connectivity index (χ2v) is 3.63. The summed E-state index contributed by atoms with van der Waals surface area (Å²) in [6.45, 7) is 1.56. The molecule has 1 aromatic rings. The van der Waals surface area contributed by atoms with Gasteiger partial charge in [-0.2, -0.15) is 0 Å². The van der Waals surface area contributed by atoms with Gasteiger partial charge in [0.25, 0.3) is 0 Å². The van der Waals surface area contributed by atoms with Gasteiger partial charge in [0.15, 0.2) is 0 Å². The van der Waals surface area contributed by atoms with Crippen molar-refractivity contribution in [3.8, 4) is 17.6 Å². The van der Waals surface area contributed by atoms with Gasteiger partial charge in [0.1, 0.15) is 5.75 Å². The molecule has 1 rings (SSSR count). The normalized spacial score (nSPS) is 9.17. The molecule has 0 saturated heterocycles. The molecule has 1 aromatic carbocycles. The first-order valence-corrected chi connectivity index (χ1v) is 5.26. The van der Waals surface area contributed by atoms with Gasteiger partial charge < -0.3 is 15.5 Å². The zero-order valence-corrected chi connectivity index (χ0v) is 9.86. The number of benzene rings is 1. The Balaban J connectivity index is 2.80. The average molecular weight is 247 g/mol. The SMILES string of the molecule is CC(=O)NCC#Cc1cc(CC(=O)O)ccc1O. The highest BCUT2D eigenvalue weighted by Crippen LogP contribution is 2.17. The largest absolute Gasteiger partial charge is 0.507 e. The van der Waals surface area contributed by atoms with E-state index in [0.717, 1.165) is 0 Å². The van der Waals surface area contributed by atoms with E-state index in [-0.39, 0.29) is 24.6 Å². The minimum atomic E-state index is -0.946. The van der Waals surface area contributed by atoms with Crippen LogP contribution in [0.3, 0.4) is 0 Å². The summed E-state index contributed by atoms with van der Waals surface area (Å²) >= 11 is 0. The van der Waals surface area contributed by atoms with Crippen LogP contribution in [0.5, 0.6) is 5.75 Å². The van der Waals surface area contributed by atoms with Crippen LogP contribution in [-0.4, -0.2) is 28.6 Å². The topological polar surface area (TPSA) is 86.6 Å². The molecule has 94 valence electrons. The number of amides is 1. The van der Waals surface area contributed by atoms with Crippen molar-refractivity contribution in [3.05, 3.63) is 29.3 Å². The Morgan fingerprint density at radius 2 is 2.11 bits per heavy atom. The van der Waals surface area contributed by atoms with E-state index < -0.39 is 5.97 Å². The Hall–Kier alpha value is -2.48. The molecule has 0 radical (unpaired) electrons. The molecule has 5 heteroatoms. The number of carboxylic acid groups (broad SMARTS) is 1. The van der Waals surface area contributed by atoms with Crippen molar-refractivity contribution in [2.75, 3.05) is 6.54 Å². The van der Waals surface area contributed by atoms with E-state index in [1.807, 2.05) is 0 Å². The van der Waals surface area contributed by atoms with E-state index in [1.165, 1.54) is 25.1 Å². The van der Waals surface area contributed by atoms with Gasteiger partial charge in [-0.15, -0.1) is 0 Å². The minimum absolute atomic E-state index is 0.0144. The number of aliphatic carboxylic acids is 1. The number of nitrogens with one attached hydrogen (secondary N) is 1. The molecule has 0 saturated carbocycles. The molecule has 5 nitrogen and oxygen atoms in total. The first-order chi connectivity index (χ1) is 8.49. The molecule has 0 unspecified atom stereocenters. The van der Waals surface area contributed by atoms with Crippen LogP contribution >= 0.6 is 0 Å². The first kappa shape index (κ1) is 13.6. The van der Waals surface area contributed by atoms with Crippen molar-refractivity contribution in [2.45, 2.75) is 13.3 Å². The molecular weight excluding hydrogens is 234 g/mol. The van der Waals surface area contributed by atoms with Crippen LogP contribution in [-0.2, 0) is 16.0 Å². The van der Waals surface area contributed by atoms with Gasteiger partial charge >= 0.3 is 5.97 Å². The highest BCUT2D eigenvalue weighted by molar-refractivity contribution is 5.73. The maximum atomic E-state index is 10.6. The van der Waals surface area contributed by atoms with Crippen molar-refractivity contribution >= 4 is 11.9 Å². The minimum Gasteiger partial charge on any atom is -0.507 e. The van der Waals surface area contributed by atoms with Crippen LogP contribution in [0, 0.1) is 11.8 Å². The zero-order valence-electron chi connectivity index (χ0n) is 9.86. The highest BCUT2D eigenvalue weighted by Gasteiger charge is 2.04. The summed E-state index contributed by atoms with van der Waals surface area (Å²) in [7, 11) is 0. The lowest BCUT2D eigenvalue weighted by molar-refractivity contribution is -0.136. The first-order valence-electron chi connectivity index (χ1n) is 5.26. The van der Waals surface area contributed by atoms with Crippen LogP contribution in [0.4, 0.5) is 0 Å². The lowest BCUT2D eigenvalue weighted by Crippen LogP contribution is -2.19. The number of phenols is 1. The number of carbonyl (C=O) groups excluding carboxylic acids is 1. The average Bonchev–Trinajstić information content (AvgIpc) is 2.27. The highest BCUT2D eigenvalue weighted by atomic mass is 16.4. The van der Waals surface area contributed by atoms with E-state index in [1.54, 1.807) is 0 Å². The Morgan fingerprint density at radius 1 is 1.39 bits per heavy atom. The van der Waals surface area contributed by atoms with Crippen molar-refractivity contribution in [1.82, 2.24) is 5.32 Å². The molecule has 0 heterocycles. The number of carboxylic acids is 1. The summed E-state index contributed by atoms with van der Waals surface area (Å²) in [5.74, 6) is 4.19. The second kappa shape index (κ2) is 6.30. The van der Waals surface area contributed by atoms with Gasteiger partial charge in [-0.25, -0.2) is 0 Å². The number of hydrogen-bond acceptors (Lipinski definition) is 3. The van der Waals surface area contributed by atoms with Crippen molar-refractivity contribution in [2.24, 2.45) is 0 Å². The molecule has 0 fully saturated rings. The fourth-order valence-corrected chi connectivity index (χ4v) is 1.28. The summed E-state index contributed by atoms with van der Waals surface area (Å²) in [5, 5.41) is 20.7. The van der Waals surface area contributed by atoms with Crippen molar-refractivity contribution < 1.29 is 19.8 Å². The van der Waals surface area contributed by atoms with Gasteiger partial charge in [-0.3, -0.25) is 9.59 Å². The number of aromatic hydroxyl groups is 1. The van der Waals surface area contributed by atoms with Crippen LogP contribution < -0.4 is 5.32 Å². The fourth-order valence-electron chi connectivity index (χ4n) is 1.28. The molecular formula is C13H13NO4. The van der Waals surface area contributed by atoms with Gasteiger partial charge in [0.2, 0.25) is 5.91 Å². The number of carbonyl (C=O) groups is 2. The molecule has 0 aliphatic carbocycles. The van der Waals surface area contributed by atoms with Crippen LogP contribution in [0.15, 0.2) is 18.2 Å². The molecule has 3 N–H and O–H groups in total. The number of phenolic OH excluding ortho intramolecular Hbond substituents is 1. The zero-order chi connectivity index (χ0) is 13.5. The summed E-state index contributed by atoms with van der Waals surface area (Å²) in [6, 6.07) is 4.45. The summed E-state index contributed by atoms with van der Waals surface area (Å²) in [6.07, 6.45) is -0.124. The number of hydrogen-bond donors (Lipinski definition) is 3. The smallest absolute Gasteiger partial charge is 0.307 e. The summed E-state index contributed by atoms with van der Waals surface area (Å²) in [4.78, 5) is 21.2. The third-order valence-corrected chi connectivity index (χ3v) is 2.07. The predicted molar refractivity (Wildman–Crippen MR) is 65.0 cm³/mol. The van der Waals surface area contributed by atoms with Gasteiger partial charge in [-0.05, 0) is 17.7 Å². The van der Waals surface area contributed by atoms with E-state index in [9.17, 15) is 14.7 Å². The van der Waals surface area contributed by atoms with Crippen LogP contribution in [0.2, 0.25) is 0 Å². The Bertz CT molecular complexity index is 526.